The number of hydrogen-bond acceptors (Lipinski definition) is 4. The molecule has 0 amide bonds. The maximum atomic E-state index is 13.2. The lowest BCUT2D eigenvalue weighted by Crippen LogP contribution is -2.64. The first kappa shape index (κ1) is 12.8. The van der Waals surface area contributed by atoms with Gasteiger partial charge in [0.25, 0.3) is 5.69 Å². The summed E-state index contributed by atoms with van der Waals surface area (Å²) in [5, 5.41) is 21.0. The minimum absolute atomic E-state index is 0.0568. The molecule has 18 heavy (non-hydrogen) atoms. The summed E-state index contributed by atoms with van der Waals surface area (Å²) in [6.45, 7) is 4.35. The van der Waals surface area contributed by atoms with Gasteiger partial charge in [-0.1, -0.05) is 13.8 Å². The fraction of sp³-hybridized carbons (Fsp3) is 0.500. The van der Waals surface area contributed by atoms with Gasteiger partial charge in [-0.3, -0.25) is 10.1 Å². The van der Waals surface area contributed by atoms with Crippen molar-refractivity contribution in [3.63, 3.8) is 0 Å². The third kappa shape index (κ3) is 2.03. The van der Waals surface area contributed by atoms with Gasteiger partial charge in [-0.2, -0.15) is 0 Å². The molecule has 1 aromatic carbocycles. The van der Waals surface area contributed by atoms with Gasteiger partial charge in [0.15, 0.2) is 0 Å². The highest BCUT2D eigenvalue weighted by molar-refractivity contribution is 5.65. The molecule has 1 N–H and O–H groups in total. The number of hydrogen-bond donors (Lipinski definition) is 1. The lowest BCUT2D eigenvalue weighted by Gasteiger charge is -2.49. The number of anilines is 1. The zero-order chi connectivity index (χ0) is 13.5. The average Bonchev–Trinajstić information content (AvgIpc) is 2.23. The lowest BCUT2D eigenvalue weighted by atomic mass is 9.82. The molecule has 98 valence electrons. The van der Waals surface area contributed by atoms with Crippen molar-refractivity contribution in [2.24, 2.45) is 5.92 Å². The Morgan fingerprint density at radius 1 is 1.50 bits per heavy atom. The van der Waals surface area contributed by atoms with Crippen molar-refractivity contribution in [2.75, 3.05) is 18.0 Å². The molecule has 0 aliphatic carbocycles. The van der Waals surface area contributed by atoms with Gasteiger partial charge in [0.2, 0.25) is 0 Å². The molecule has 2 rings (SSSR count). The Morgan fingerprint density at radius 2 is 2.11 bits per heavy atom. The molecule has 1 aliphatic heterocycles. The molecular formula is C12H15FN2O3. The average molecular weight is 254 g/mol. The number of benzene rings is 1. The largest absolute Gasteiger partial charge is 0.386 e. The minimum Gasteiger partial charge on any atom is -0.386 e. The van der Waals surface area contributed by atoms with E-state index in [1.165, 1.54) is 0 Å². The Labute approximate surface area is 104 Å². The van der Waals surface area contributed by atoms with Gasteiger partial charge in [-0.05, 0) is 12.0 Å². The fourth-order valence-electron chi connectivity index (χ4n) is 2.05. The molecule has 0 spiro atoms. The number of β-amino-alcohol motifs (C(OH)–C–C–N with tert-alkyl or cyclic N) is 1. The molecule has 0 aromatic heterocycles. The van der Waals surface area contributed by atoms with E-state index in [1.54, 1.807) is 4.90 Å². The normalized spacial score (nSPS) is 17.7. The third-order valence-electron chi connectivity index (χ3n) is 3.48. The summed E-state index contributed by atoms with van der Waals surface area (Å²) in [6, 6.07) is 3.35. The molecule has 0 bridgehead atoms. The predicted octanol–water partition coefficient (Wildman–Crippen LogP) is 1.94. The first-order valence-electron chi connectivity index (χ1n) is 5.75. The zero-order valence-corrected chi connectivity index (χ0v) is 10.3. The summed E-state index contributed by atoms with van der Waals surface area (Å²) in [6.07, 6.45) is 0. The predicted molar refractivity (Wildman–Crippen MR) is 65.1 cm³/mol. The Kier molecular flexibility index (Phi) is 2.98. The molecule has 1 aromatic rings. The van der Waals surface area contributed by atoms with E-state index >= 15 is 0 Å². The smallest absolute Gasteiger partial charge is 0.292 e. The van der Waals surface area contributed by atoms with Crippen LogP contribution in [-0.4, -0.2) is 28.7 Å². The number of nitrogens with zero attached hydrogens (tertiary/aromatic N) is 2. The molecule has 0 unspecified atom stereocenters. The molecule has 0 radical (unpaired) electrons. The van der Waals surface area contributed by atoms with Crippen LogP contribution in [-0.2, 0) is 0 Å². The summed E-state index contributed by atoms with van der Waals surface area (Å²) in [5.41, 5.74) is -0.757. The highest BCUT2D eigenvalue weighted by Gasteiger charge is 2.45. The second kappa shape index (κ2) is 4.20. The van der Waals surface area contributed by atoms with E-state index in [9.17, 15) is 19.6 Å². The van der Waals surface area contributed by atoms with Gasteiger partial charge in [0, 0.05) is 25.2 Å². The Bertz CT molecular complexity index is 484. The van der Waals surface area contributed by atoms with Crippen LogP contribution < -0.4 is 4.90 Å². The highest BCUT2D eigenvalue weighted by Crippen LogP contribution is 2.37. The van der Waals surface area contributed by atoms with Crippen molar-refractivity contribution in [1.82, 2.24) is 0 Å². The van der Waals surface area contributed by atoms with Crippen LogP contribution >= 0.6 is 0 Å². The number of nitro groups is 1. The van der Waals surface area contributed by atoms with Crippen LogP contribution in [0.15, 0.2) is 18.2 Å². The van der Waals surface area contributed by atoms with Crippen molar-refractivity contribution >= 4 is 11.4 Å². The summed E-state index contributed by atoms with van der Waals surface area (Å²) in [5.74, 6) is -0.461. The van der Waals surface area contributed by atoms with E-state index in [0.29, 0.717) is 0 Å². The van der Waals surface area contributed by atoms with Crippen molar-refractivity contribution < 1.29 is 14.4 Å². The first-order chi connectivity index (χ1) is 8.33. The Morgan fingerprint density at radius 3 is 2.61 bits per heavy atom. The van der Waals surface area contributed by atoms with Crippen LogP contribution in [0.5, 0.6) is 0 Å². The Balaban J connectivity index is 2.26. The SMILES string of the molecule is CC(C)C1(O)CN(c2cc(F)ccc2[N+](=O)[O-])C1. The maximum Gasteiger partial charge on any atom is 0.292 e. The second-order valence-corrected chi connectivity index (χ2v) is 5.00. The molecular weight excluding hydrogens is 239 g/mol. The molecule has 1 aliphatic rings. The molecule has 1 saturated heterocycles. The van der Waals surface area contributed by atoms with Crippen molar-refractivity contribution in [1.29, 1.82) is 0 Å². The van der Waals surface area contributed by atoms with Crippen LogP contribution in [0, 0.1) is 21.8 Å². The number of halogens is 1. The van der Waals surface area contributed by atoms with Crippen LogP contribution in [0.2, 0.25) is 0 Å². The summed E-state index contributed by atoms with van der Waals surface area (Å²) >= 11 is 0. The van der Waals surface area contributed by atoms with Crippen LogP contribution in [0.1, 0.15) is 13.8 Å². The summed E-state index contributed by atoms with van der Waals surface area (Å²) < 4.78 is 13.2. The quantitative estimate of drug-likeness (QED) is 0.661. The van der Waals surface area contributed by atoms with Crippen molar-refractivity contribution in [2.45, 2.75) is 19.4 Å². The van der Waals surface area contributed by atoms with E-state index in [-0.39, 0.29) is 30.4 Å². The fourth-order valence-corrected chi connectivity index (χ4v) is 2.05. The number of rotatable bonds is 3. The van der Waals surface area contributed by atoms with Gasteiger partial charge >= 0.3 is 0 Å². The Hall–Kier alpha value is -1.69. The van der Waals surface area contributed by atoms with Crippen LogP contribution in [0.25, 0.3) is 0 Å². The monoisotopic (exact) mass is 254 g/mol. The van der Waals surface area contributed by atoms with Crippen LogP contribution in [0.4, 0.5) is 15.8 Å². The number of nitro benzene ring substituents is 1. The second-order valence-electron chi connectivity index (χ2n) is 5.00. The topological polar surface area (TPSA) is 66.6 Å². The molecule has 1 heterocycles. The number of aliphatic hydroxyl groups is 1. The molecule has 0 saturated carbocycles. The van der Waals surface area contributed by atoms with Gasteiger partial charge in [0.05, 0.1) is 4.92 Å². The molecule has 0 atom stereocenters. The lowest BCUT2D eigenvalue weighted by molar-refractivity contribution is -0.384. The van der Waals surface area contributed by atoms with Gasteiger partial charge in [-0.25, -0.2) is 4.39 Å². The molecule has 5 nitrogen and oxygen atoms in total. The van der Waals surface area contributed by atoms with E-state index < -0.39 is 16.3 Å². The summed E-state index contributed by atoms with van der Waals surface area (Å²) in [4.78, 5) is 12.0. The minimum atomic E-state index is -0.847. The maximum absolute atomic E-state index is 13.2. The third-order valence-corrected chi connectivity index (χ3v) is 3.48. The van der Waals surface area contributed by atoms with Gasteiger partial charge < -0.3 is 10.0 Å². The molecule has 1 fully saturated rings. The summed E-state index contributed by atoms with van der Waals surface area (Å²) in [7, 11) is 0. The van der Waals surface area contributed by atoms with Crippen LogP contribution in [0.3, 0.4) is 0 Å². The molecule has 6 heteroatoms. The standard InChI is InChI=1S/C12H15FN2O3/c1-8(2)12(16)6-14(7-12)11-5-9(13)3-4-10(11)15(17)18/h3-5,8,16H,6-7H2,1-2H3. The van der Waals surface area contributed by atoms with E-state index in [2.05, 4.69) is 0 Å². The van der Waals surface area contributed by atoms with Gasteiger partial charge in [0.1, 0.15) is 17.1 Å². The van der Waals surface area contributed by atoms with E-state index in [1.807, 2.05) is 13.8 Å². The van der Waals surface area contributed by atoms with E-state index in [0.717, 1.165) is 18.2 Å². The van der Waals surface area contributed by atoms with Gasteiger partial charge in [-0.15, -0.1) is 0 Å². The van der Waals surface area contributed by atoms with Crippen molar-refractivity contribution in [3.8, 4) is 0 Å². The first-order valence-corrected chi connectivity index (χ1v) is 5.75. The zero-order valence-electron chi connectivity index (χ0n) is 10.3. The highest BCUT2D eigenvalue weighted by atomic mass is 19.1. The van der Waals surface area contributed by atoms with Crippen molar-refractivity contribution in [3.05, 3.63) is 34.1 Å². The van der Waals surface area contributed by atoms with E-state index in [4.69, 9.17) is 0 Å².